The predicted molar refractivity (Wildman–Crippen MR) is 107 cm³/mol. The average Bonchev–Trinajstić information content (AvgIpc) is 3.28. The van der Waals surface area contributed by atoms with Gasteiger partial charge in [0.15, 0.2) is 11.7 Å². The molecule has 0 saturated carbocycles. The molecule has 0 amide bonds. The van der Waals surface area contributed by atoms with Crippen molar-refractivity contribution < 1.29 is 13.2 Å². The monoisotopic (exact) mass is 422 g/mol. The van der Waals surface area contributed by atoms with Gasteiger partial charge in [-0.25, -0.2) is 9.67 Å². The van der Waals surface area contributed by atoms with E-state index in [1.54, 1.807) is 7.05 Å². The molecule has 6 nitrogen and oxygen atoms in total. The standard InChI is InChI=1S/C19H21F3N6S/c1-12-8-13(2)28(27-12)15-7-5-4-6-14(15)9-24-18(23-3)25-10-17-26-16(11-29-17)19(20,21)22/h4-8,11H,9-10H2,1-3H3,(H2,23,24,25). The van der Waals surface area contributed by atoms with Gasteiger partial charge in [-0.15, -0.1) is 11.3 Å². The van der Waals surface area contributed by atoms with Gasteiger partial charge in [0.25, 0.3) is 0 Å². The number of aryl methyl sites for hydroxylation is 2. The lowest BCUT2D eigenvalue weighted by atomic mass is 10.1. The molecule has 1 aromatic carbocycles. The van der Waals surface area contributed by atoms with E-state index in [9.17, 15) is 13.2 Å². The number of alkyl halides is 3. The van der Waals surface area contributed by atoms with Crippen LogP contribution in [-0.2, 0) is 19.3 Å². The number of para-hydroxylation sites is 1. The lowest BCUT2D eigenvalue weighted by molar-refractivity contribution is -0.140. The fraction of sp³-hybridized carbons (Fsp3) is 0.316. The minimum absolute atomic E-state index is 0.152. The summed E-state index contributed by atoms with van der Waals surface area (Å²) >= 11 is 0.959. The molecule has 2 aromatic heterocycles. The molecule has 0 spiro atoms. The fourth-order valence-corrected chi connectivity index (χ4v) is 3.56. The third kappa shape index (κ3) is 5.14. The van der Waals surface area contributed by atoms with E-state index >= 15 is 0 Å². The first kappa shape index (κ1) is 20.8. The summed E-state index contributed by atoms with van der Waals surface area (Å²) in [6.07, 6.45) is -4.43. The van der Waals surface area contributed by atoms with Gasteiger partial charge in [0.05, 0.1) is 17.9 Å². The van der Waals surface area contributed by atoms with Crippen molar-refractivity contribution in [3.63, 3.8) is 0 Å². The molecule has 0 aliphatic rings. The topological polar surface area (TPSA) is 67.1 Å². The number of hydrogen-bond donors (Lipinski definition) is 2. The Morgan fingerprint density at radius 2 is 1.90 bits per heavy atom. The van der Waals surface area contributed by atoms with Crippen LogP contribution in [-0.4, -0.2) is 27.8 Å². The van der Waals surface area contributed by atoms with Crippen molar-refractivity contribution in [3.8, 4) is 5.69 Å². The van der Waals surface area contributed by atoms with E-state index in [-0.39, 0.29) is 6.54 Å². The molecular formula is C19H21F3N6S. The molecule has 3 rings (SSSR count). The van der Waals surface area contributed by atoms with Gasteiger partial charge in [-0.3, -0.25) is 4.99 Å². The summed E-state index contributed by atoms with van der Waals surface area (Å²) < 4.78 is 39.9. The first-order valence-electron chi connectivity index (χ1n) is 8.85. The Kier molecular flexibility index (Phi) is 6.21. The van der Waals surface area contributed by atoms with Crippen LogP contribution in [0.25, 0.3) is 5.69 Å². The second-order valence-electron chi connectivity index (χ2n) is 6.37. The number of rotatable bonds is 5. The number of aliphatic imine (C=N–C) groups is 1. The molecule has 0 fully saturated rings. The van der Waals surface area contributed by atoms with Gasteiger partial charge in [0.1, 0.15) is 5.01 Å². The molecule has 2 N–H and O–H groups in total. The van der Waals surface area contributed by atoms with Crippen LogP contribution in [0.3, 0.4) is 0 Å². The lowest BCUT2D eigenvalue weighted by Crippen LogP contribution is -2.36. The molecule has 0 bridgehead atoms. The van der Waals surface area contributed by atoms with Crippen LogP contribution in [0, 0.1) is 13.8 Å². The van der Waals surface area contributed by atoms with Crippen molar-refractivity contribution in [2.75, 3.05) is 7.05 Å². The zero-order valence-corrected chi connectivity index (χ0v) is 17.0. The summed E-state index contributed by atoms with van der Waals surface area (Å²) in [4.78, 5) is 7.73. The molecule has 0 radical (unpaired) electrons. The zero-order valence-electron chi connectivity index (χ0n) is 16.2. The maximum Gasteiger partial charge on any atom is 0.434 e. The van der Waals surface area contributed by atoms with E-state index in [0.29, 0.717) is 17.5 Å². The summed E-state index contributed by atoms with van der Waals surface area (Å²) in [5.41, 5.74) is 3.05. The normalized spacial score (nSPS) is 12.3. The Labute approximate surface area is 170 Å². The molecule has 154 valence electrons. The number of guanidine groups is 1. The Balaban J connectivity index is 1.65. The van der Waals surface area contributed by atoms with Gasteiger partial charge in [0, 0.05) is 24.7 Å². The molecule has 10 heteroatoms. The van der Waals surface area contributed by atoms with Crippen LogP contribution in [0.15, 0.2) is 40.7 Å². The number of nitrogens with zero attached hydrogens (tertiary/aromatic N) is 4. The average molecular weight is 422 g/mol. The van der Waals surface area contributed by atoms with Crippen molar-refractivity contribution in [1.82, 2.24) is 25.4 Å². The van der Waals surface area contributed by atoms with Gasteiger partial charge in [-0.1, -0.05) is 18.2 Å². The highest BCUT2D eigenvalue weighted by molar-refractivity contribution is 7.09. The van der Waals surface area contributed by atoms with Gasteiger partial charge >= 0.3 is 6.18 Å². The SMILES string of the molecule is CN=C(NCc1nc(C(F)(F)F)cs1)NCc1ccccc1-n1nc(C)cc1C. The van der Waals surface area contributed by atoms with Crippen LogP contribution in [0.2, 0.25) is 0 Å². The van der Waals surface area contributed by atoms with Crippen LogP contribution in [0.4, 0.5) is 13.2 Å². The highest BCUT2D eigenvalue weighted by atomic mass is 32.1. The van der Waals surface area contributed by atoms with Crippen LogP contribution >= 0.6 is 11.3 Å². The van der Waals surface area contributed by atoms with E-state index in [4.69, 9.17) is 0 Å². The molecule has 2 heterocycles. The number of thiazole rings is 1. The van der Waals surface area contributed by atoms with Gasteiger partial charge in [-0.2, -0.15) is 18.3 Å². The molecule has 0 aliphatic carbocycles. The Bertz CT molecular complexity index is 1010. The minimum atomic E-state index is -4.43. The van der Waals surface area contributed by atoms with Crippen molar-refractivity contribution in [2.24, 2.45) is 4.99 Å². The highest BCUT2D eigenvalue weighted by Gasteiger charge is 2.33. The smallest absolute Gasteiger partial charge is 0.352 e. The second-order valence-corrected chi connectivity index (χ2v) is 7.31. The number of nitrogens with one attached hydrogen (secondary N) is 2. The summed E-state index contributed by atoms with van der Waals surface area (Å²) in [6, 6.07) is 9.87. The third-order valence-corrected chi connectivity index (χ3v) is 5.00. The first-order chi connectivity index (χ1) is 13.8. The molecular weight excluding hydrogens is 401 g/mol. The largest absolute Gasteiger partial charge is 0.434 e. The van der Waals surface area contributed by atoms with Crippen molar-refractivity contribution in [3.05, 3.63) is 63.4 Å². The minimum Gasteiger partial charge on any atom is -0.352 e. The quantitative estimate of drug-likeness (QED) is 0.485. The van der Waals surface area contributed by atoms with E-state index < -0.39 is 11.9 Å². The fourth-order valence-electron chi connectivity index (χ4n) is 2.82. The number of hydrogen-bond acceptors (Lipinski definition) is 4. The summed E-state index contributed by atoms with van der Waals surface area (Å²) in [5.74, 6) is 0.469. The Morgan fingerprint density at radius 3 is 2.52 bits per heavy atom. The summed E-state index contributed by atoms with van der Waals surface area (Å²) in [6.45, 7) is 4.56. The van der Waals surface area contributed by atoms with Crippen LogP contribution in [0.1, 0.15) is 27.7 Å². The molecule has 0 unspecified atom stereocenters. The summed E-state index contributed by atoms with van der Waals surface area (Å²) in [5, 5.41) is 12.1. The molecule has 0 saturated heterocycles. The van der Waals surface area contributed by atoms with E-state index in [1.165, 1.54) is 0 Å². The maximum absolute atomic E-state index is 12.7. The lowest BCUT2D eigenvalue weighted by Gasteiger charge is -2.14. The Hall–Kier alpha value is -2.88. The summed E-state index contributed by atoms with van der Waals surface area (Å²) in [7, 11) is 1.60. The molecule has 3 aromatic rings. The van der Waals surface area contributed by atoms with Crippen LogP contribution < -0.4 is 10.6 Å². The van der Waals surface area contributed by atoms with E-state index in [1.807, 2.05) is 48.9 Å². The second kappa shape index (κ2) is 8.64. The number of benzene rings is 1. The van der Waals surface area contributed by atoms with Crippen molar-refractivity contribution in [1.29, 1.82) is 0 Å². The number of aromatic nitrogens is 3. The molecule has 0 atom stereocenters. The molecule has 29 heavy (non-hydrogen) atoms. The number of halogens is 3. The zero-order chi connectivity index (χ0) is 21.0. The van der Waals surface area contributed by atoms with Crippen molar-refractivity contribution >= 4 is 17.3 Å². The highest BCUT2D eigenvalue weighted by Crippen LogP contribution is 2.29. The van der Waals surface area contributed by atoms with E-state index in [2.05, 4.69) is 25.7 Å². The Morgan fingerprint density at radius 1 is 1.17 bits per heavy atom. The van der Waals surface area contributed by atoms with Crippen LogP contribution in [0.5, 0.6) is 0 Å². The van der Waals surface area contributed by atoms with Gasteiger partial charge in [-0.05, 0) is 31.5 Å². The van der Waals surface area contributed by atoms with E-state index in [0.717, 1.165) is 39.4 Å². The first-order valence-corrected chi connectivity index (χ1v) is 9.73. The molecule has 0 aliphatic heterocycles. The van der Waals surface area contributed by atoms with Gasteiger partial charge < -0.3 is 10.6 Å². The maximum atomic E-state index is 12.7. The third-order valence-electron chi connectivity index (χ3n) is 4.15. The van der Waals surface area contributed by atoms with Crippen molar-refractivity contribution in [2.45, 2.75) is 33.1 Å². The predicted octanol–water partition coefficient (Wildman–Crippen LogP) is 3.83. The van der Waals surface area contributed by atoms with Gasteiger partial charge in [0.2, 0.25) is 0 Å².